The first kappa shape index (κ1) is 12.7. The van der Waals surface area contributed by atoms with Crippen molar-refractivity contribution in [3.05, 3.63) is 29.3 Å². The molecule has 1 aromatic carbocycles. The van der Waals surface area contributed by atoms with Crippen molar-refractivity contribution < 1.29 is 0 Å². The molecule has 17 heavy (non-hydrogen) atoms. The first-order valence-electron chi connectivity index (χ1n) is 6.32. The van der Waals surface area contributed by atoms with Gasteiger partial charge in [0, 0.05) is 29.3 Å². The summed E-state index contributed by atoms with van der Waals surface area (Å²) < 4.78 is 0. The van der Waals surface area contributed by atoms with E-state index in [0.717, 1.165) is 23.8 Å². The molecular weight excluding hydrogens is 232 g/mol. The van der Waals surface area contributed by atoms with Crippen molar-refractivity contribution in [1.29, 1.82) is 0 Å². The van der Waals surface area contributed by atoms with Crippen molar-refractivity contribution in [2.24, 2.45) is 0 Å². The number of rotatable bonds is 4. The van der Waals surface area contributed by atoms with Gasteiger partial charge in [-0.2, -0.15) is 0 Å². The van der Waals surface area contributed by atoms with E-state index in [1.54, 1.807) is 0 Å². The van der Waals surface area contributed by atoms with Crippen LogP contribution in [0.15, 0.2) is 24.3 Å². The van der Waals surface area contributed by atoms with Gasteiger partial charge in [-0.15, -0.1) is 0 Å². The summed E-state index contributed by atoms with van der Waals surface area (Å²) in [5, 5.41) is 4.22. The lowest BCUT2D eigenvalue weighted by Gasteiger charge is -2.31. The van der Waals surface area contributed by atoms with E-state index in [4.69, 9.17) is 11.6 Å². The number of anilines is 1. The van der Waals surface area contributed by atoms with Gasteiger partial charge in [-0.05, 0) is 57.5 Å². The lowest BCUT2D eigenvalue weighted by atomic mass is 10.0. The molecule has 0 saturated carbocycles. The first-order chi connectivity index (χ1) is 8.08. The summed E-state index contributed by atoms with van der Waals surface area (Å²) in [6.45, 7) is 8.00. The van der Waals surface area contributed by atoms with Crippen LogP contribution in [0.1, 0.15) is 26.7 Å². The molecule has 1 aliphatic heterocycles. The normalized spacial score (nSPS) is 19.5. The van der Waals surface area contributed by atoms with Gasteiger partial charge in [-0.3, -0.25) is 4.90 Å². The van der Waals surface area contributed by atoms with Gasteiger partial charge < -0.3 is 5.32 Å². The second-order valence-corrected chi connectivity index (χ2v) is 5.77. The van der Waals surface area contributed by atoms with Gasteiger partial charge in [0.1, 0.15) is 0 Å². The maximum atomic E-state index is 5.85. The van der Waals surface area contributed by atoms with Crippen LogP contribution in [0.5, 0.6) is 0 Å². The molecule has 1 saturated heterocycles. The topological polar surface area (TPSA) is 15.3 Å². The molecule has 1 fully saturated rings. The highest BCUT2D eigenvalue weighted by atomic mass is 35.5. The maximum Gasteiger partial charge on any atom is 0.0407 e. The van der Waals surface area contributed by atoms with E-state index < -0.39 is 0 Å². The average Bonchev–Trinajstić information content (AvgIpc) is 2.61. The Morgan fingerprint density at radius 3 is 2.59 bits per heavy atom. The quantitative estimate of drug-likeness (QED) is 0.881. The van der Waals surface area contributed by atoms with Crippen LogP contribution in [0.2, 0.25) is 5.02 Å². The van der Waals surface area contributed by atoms with E-state index in [2.05, 4.69) is 24.1 Å². The molecule has 1 heterocycles. The Kier molecular flexibility index (Phi) is 3.95. The van der Waals surface area contributed by atoms with E-state index in [-0.39, 0.29) is 0 Å². The van der Waals surface area contributed by atoms with Crippen molar-refractivity contribution in [1.82, 2.24) is 4.90 Å². The van der Waals surface area contributed by atoms with Crippen LogP contribution in [-0.4, -0.2) is 30.1 Å². The fraction of sp³-hybridized carbons (Fsp3) is 0.571. The van der Waals surface area contributed by atoms with Crippen LogP contribution in [0.4, 0.5) is 5.69 Å². The summed E-state index contributed by atoms with van der Waals surface area (Å²) in [6, 6.07) is 7.89. The van der Waals surface area contributed by atoms with E-state index in [1.807, 2.05) is 24.3 Å². The largest absolute Gasteiger partial charge is 0.384 e. The molecule has 0 atom stereocenters. The fourth-order valence-corrected chi connectivity index (χ4v) is 2.61. The summed E-state index contributed by atoms with van der Waals surface area (Å²) in [5.41, 5.74) is 1.52. The number of nitrogens with one attached hydrogen (secondary N) is 1. The van der Waals surface area contributed by atoms with Crippen molar-refractivity contribution in [3.8, 4) is 0 Å². The number of halogens is 1. The van der Waals surface area contributed by atoms with Gasteiger partial charge in [0.2, 0.25) is 0 Å². The smallest absolute Gasteiger partial charge is 0.0407 e. The zero-order valence-corrected chi connectivity index (χ0v) is 11.4. The summed E-state index contributed by atoms with van der Waals surface area (Å²) in [6.07, 6.45) is 2.64. The first-order valence-corrected chi connectivity index (χ1v) is 6.70. The fourth-order valence-electron chi connectivity index (χ4n) is 2.48. The molecule has 0 radical (unpaired) electrons. The van der Waals surface area contributed by atoms with Crippen LogP contribution in [0.3, 0.4) is 0 Å². The molecule has 0 bridgehead atoms. The summed E-state index contributed by atoms with van der Waals surface area (Å²) >= 11 is 5.85. The Hall–Kier alpha value is -0.730. The highest BCUT2D eigenvalue weighted by Crippen LogP contribution is 2.27. The molecule has 1 N–H and O–H groups in total. The third-order valence-electron chi connectivity index (χ3n) is 3.63. The Morgan fingerprint density at radius 2 is 2.00 bits per heavy atom. The number of hydrogen-bond donors (Lipinski definition) is 1. The van der Waals surface area contributed by atoms with Gasteiger partial charge in [0.05, 0.1) is 0 Å². The van der Waals surface area contributed by atoms with E-state index in [1.165, 1.54) is 19.4 Å². The lowest BCUT2D eigenvalue weighted by Crippen LogP contribution is -2.40. The van der Waals surface area contributed by atoms with Gasteiger partial charge in [-0.25, -0.2) is 0 Å². The van der Waals surface area contributed by atoms with Gasteiger partial charge in [0.15, 0.2) is 0 Å². The van der Waals surface area contributed by atoms with E-state index in [9.17, 15) is 0 Å². The highest BCUT2D eigenvalue weighted by molar-refractivity contribution is 6.30. The van der Waals surface area contributed by atoms with Gasteiger partial charge in [-0.1, -0.05) is 11.6 Å². The molecule has 0 aliphatic carbocycles. The van der Waals surface area contributed by atoms with Crippen LogP contribution >= 0.6 is 11.6 Å². The summed E-state index contributed by atoms with van der Waals surface area (Å²) in [7, 11) is 0. The van der Waals surface area contributed by atoms with E-state index in [0.29, 0.717) is 5.54 Å². The van der Waals surface area contributed by atoms with Gasteiger partial charge >= 0.3 is 0 Å². The standard InChI is InChI=1S/C14H21ClN2/c1-14(2)8-3-10-17(14)11-9-16-13-6-4-12(15)5-7-13/h4-7,16H,3,8-11H2,1-2H3. The molecule has 1 aliphatic rings. The predicted octanol–water partition coefficient (Wildman–Crippen LogP) is 3.63. The highest BCUT2D eigenvalue weighted by Gasteiger charge is 2.30. The van der Waals surface area contributed by atoms with Crippen LogP contribution in [-0.2, 0) is 0 Å². The van der Waals surface area contributed by atoms with Crippen molar-refractivity contribution in [2.75, 3.05) is 25.0 Å². The molecule has 2 nitrogen and oxygen atoms in total. The molecular formula is C14H21ClN2. The zero-order valence-electron chi connectivity index (χ0n) is 10.7. The second kappa shape index (κ2) is 5.28. The van der Waals surface area contributed by atoms with Crippen LogP contribution < -0.4 is 5.32 Å². The third-order valence-corrected chi connectivity index (χ3v) is 3.88. The monoisotopic (exact) mass is 252 g/mol. The third kappa shape index (κ3) is 3.36. The molecule has 1 aromatic rings. The average molecular weight is 253 g/mol. The van der Waals surface area contributed by atoms with Crippen LogP contribution in [0.25, 0.3) is 0 Å². The second-order valence-electron chi connectivity index (χ2n) is 5.34. The minimum atomic E-state index is 0.377. The van der Waals surface area contributed by atoms with Crippen LogP contribution in [0, 0.1) is 0 Å². The maximum absolute atomic E-state index is 5.85. The number of nitrogens with zero attached hydrogens (tertiary/aromatic N) is 1. The number of benzene rings is 1. The molecule has 2 rings (SSSR count). The van der Waals surface area contributed by atoms with Gasteiger partial charge in [0.25, 0.3) is 0 Å². The zero-order chi connectivity index (χ0) is 12.3. The van der Waals surface area contributed by atoms with Crippen molar-refractivity contribution in [3.63, 3.8) is 0 Å². The molecule has 94 valence electrons. The summed E-state index contributed by atoms with van der Waals surface area (Å²) in [5.74, 6) is 0. The Morgan fingerprint density at radius 1 is 1.29 bits per heavy atom. The molecule has 0 spiro atoms. The predicted molar refractivity (Wildman–Crippen MR) is 74.8 cm³/mol. The molecule has 3 heteroatoms. The van der Waals surface area contributed by atoms with E-state index >= 15 is 0 Å². The van der Waals surface area contributed by atoms with Crippen molar-refractivity contribution >= 4 is 17.3 Å². The lowest BCUT2D eigenvalue weighted by molar-refractivity contribution is 0.182. The minimum Gasteiger partial charge on any atom is -0.384 e. The SMILES string of the molecule is CC1(C)CCCN1CCNc1ccc(Cl)cc1. The van der Waals surface area contributed by atoms with Crippen molar-refractivity contribution in [2.45, 2.75) is 32.2 Å². The number of hydrogen-bond acceptors (Lipinski definition) is 2. The Bertz CT molecular complexity index is 359. The Labute approximate surface area is 109 Å². The molecule has 0 amide bonds. The Balaban J connectivity index is 1.78. The molecule has 0 unspecified atom stereocenters. The molecule has 0 aromatic heterocycles. The number of likely N-dealkylation sites (tertiary alicyclic amines) is 1. The summed E-state index contributed by atoms with van der Waals surface area (Å²) in [4.78, 5) is 2.57. The minimum absolute atomic E-state index is 0.377.